The van der Waals surface area contributed by atoms with Crippen molar-refractivity contribution in [2.45, 2.75) is 26.0 Å². The summed E-state index contributed by atoms with van der Waals surface area (Å²) in [6, 6.07) is 5.27. The highest BCUT2D eigenvalue weighted by molar-refractivity contribution is 5.62. The number of aliphatic hydroxyl groups excluding tert-OH is 1. The van der Waals surface area contributed by atoms with Crippen molar-refractivity contribution < 1.29 is 10.0 Å². The van der Waals surface area contributed by atoms with Gasteiger partial charge in [0.2, 0.25) is 0 Å². The zero-order chi connectivity index (χ0) is 13.8. The smallest absolute Gasteiger partial charge is 0.292 e. The van der Waals surface area contributed by atoms with Crippen molar-refractivity contribution in [3.8, 4) is 0 Å². The number of anilines is 1. The van der Waals surface area contributed by atoms with Crippen LogP contribution in [0.15, 0.2) is 18.2 Å². The number of aliphatic hydroxyl groups is 1. The Hall–Kier alpha value is -1.66. The largest absolute Gasteiger partial charge is 0.392 e. The molecule has 2 N–H and O–H groups in total. The van der Waals surface area contributed by atoms with Crippen LogP contribution in [-0.4, -0.2) is 40.7 Å². The van der Waals surface area contributed by atoms with Crippen LogP contribution in [0.4, 0.5) is 11.4 Å². The Bertz CT molecular complexity index is 464. The third-order valence-electron chi connectivity index (χ3n) is 3.28. The molecule has 0 amide bonds. The molecule has 1 fully saturated rings. The van der Waals surface area contributed by atoms with Crippen LogP contribution in [0, 0.1) is 10.1 Å². The first-order valence-electron chi connectivity index (χ1n) is 6.51. The number of nitro groups is 1. The van der Waals surface area contributed by atoms with E-state index < -0.39 is 0 Å². The summed E-state index contributed by atoms with van der Waals surface area (Å²) in [5.74, 6) is 0. The van der Waals surface area contributed by atoms with E-state index in [1.807, 2.05) is 13.0 Å². The van der Waals surface area contributed by atoms with Crippen molar-refractivity contribution in [2.75, 3.05) is 25.0 Å². The van der Waals surface area contributed by atoms with E-state index in [0.717, 1.165) is 18.5 Å². The van der Waals surface area contributed by atoms with E-state index in [4.69, 9.17) is 0 Å². The fraction of sp³-hybridized carbons (Fsp3) is 0.538. The third-order valence-corrected chi connectivity index (χ3v) is 3.28. The molecule has 0 spiro atoms. The van der Waals surface area contributed by atoms with Gasteiger partial charge in [0.05, 0.1) is 11.0 Å². The molecule has 6 nitrogen and oxygen atoms in total. The van der Waals surface area contributed by atoms with Crippen LogP contribution in [-0.2, 0) is 6.54 Å². The van der Waals surface area contributed by atoms with E-state index in [1.54, 1.807) is 12.1 Å². The van der Waals surface area contributed by atoms with Gasteiger partial charge in [0, 0.05) is 32.2 Å². The zero-order valence-electron chi connectivity index (χ0n) is 11.0. The molecule has 2 rings (SSSR count). The van der Waals surface area contributed by atoms with Crippen LogP contribution in [0.25, 0.3) is 0 Å². The maximum absolute atomic E-state index is 11.1. The predicted molar refractivity (Wildman–Crippen MR) is 73.2 cm³/mol. The van der Waals surface area contributed by atoms with Crippen LogP contribution in [0.2, 0.25) is 0 Å². The van der Waals surface area contributed by atoms with Gasteiger partial charge in [-0.25, -0.2) is 0 Å². The quantitative estimate of drug-likeness (QED) is 0.624. The second-order valence-electron chi connectivity index (χ2n) is 4.82. The molecule has 1 unspecified atom stereocenters. The molecule has 0 aromatic heterocycles. The summed E-state index contributed by atoms with van der Waals surface area (Å²) in [4.78, 5) is 12.8. The third kappa shape index (κ3) is 3.42. The van der Waals surface area contributed by atoms with Gasteiger partial charge in [0.15, 0.2) is 0 Å². The van der Waals surface area contributed by atoms with Gasteiger partial charge in [-0.1, -0.05) is 6.07 Å². The SMILES string of the molecule is CCNc1ccc(CN2CCC(O)C2)cc1[N+](=O)[O-]. The van der Waals surface area contributed by atoms with Crippen molar-refractivity contribution >= 4 is 11.4 Å². The molecule has 1 atom stereocenters. The van der Waals surface area contributed by atoms with Crippen LogP contribution in [0.1, 0.15) is 18.9 Å². The Morgan fingerprint density at radius 3 is 2.95 bits per heavy atom. The maximum atomic E-state index is 11.1. The Labute approximate surface area is 112 Å². The van der Waals surface area contributed by atoms with Crippen LogP contribution >= 0.6 is 0 Å². The van der Waals surface area contributed by atoms with E-state index in [2.05, 4.69) is 10.2 Å². The van der Waals surface area contributed by atoms with Gasteiger partial charge >= 0.3 is 0 Å². The minimum atomic E-state index is -0.361. The second kappa shape index (κ2) is 5.99. The van der Waals surface area contributed by atoms with Gasteiger partial charge in [-0.05, 0) is 25.0 Å². The second-order valence-corrected chi connectivity index (χ2v) is 4.82. The van der Waals surface area contributed by atoms with E-state index in [9.17, 15) is 15.2 Å². The molecule has 0 saturated carbocycles. The highest BCUT2D eigenvalue weighted by Crippen LogP contribution is 2.26. The molecule has 1 aromatic carbocycles. The highest BCUT2D eigenvalue weighted by Gasteiger charge is 2.21. The Balaban J connectivity index is 2.13. The summed E-state index contributed by atoms with van der Waals surface area (Å²) >= 11 is 0. The lowest BCUT2D eigenvalue weighted by Crippen LogP contribution is -2.21. The topological polar surface area (TPSA) is 78.6 Å². The van der Waals surface area contributed by atoms with Gasteiger partial charge in [-0.3, -0.25) is 15.0 Å². The number of β-amino-alcohol motifs (C(OH)–C–C–N with tert-alkyl or cyclic N) is 1. The van der Waals surface area contributed by atoms with Gasteiger partial charge in [0.25, 0.3) is 5.69 Å². The first kappa shape index (κ1) is 13.8. The number of rotatable bonds is 5. The number of likely N-dealkylation sites (tertiary alicyclic amines) is 1. The molecular weight excluding hydrogens is 246 g/mol. The van der Waals surface area contributed by atoms with E-state index in [0.29, 0.717) is 25.3 Å². The maximum Gasteiger partial charge on any atom is 0.292 e. The molecule has 1 aliphatic heterocycles. The van der Waals surface area contributed by atoms with E-state index >= 15 is 0 Å². The fourth-order valence-electron chi connectivity index (χ4n) is 2.38. The summed E-state index contributed by atoms with van der Waals surface area (Å²) < 4.78 is 0. The van der Waals surface area contributed by atoms with Crippen molar-refractivity contribution in [3.05, 3.63) is 33.9 Å². The number of nitrogens with zero attached hydrogens (tertiary/aromatic N) is 2. The van der Waals surface area contributed by atoms with Crippen molar-refractivity contribution in [1.82, 2.24) is 4.90 Å². The minimum absolute atomic E-state index is 0.110. The minimum Gasteiger partial charge on any atom is -0.392 e. The fourth-order valence-corrected chi connectivity index (χ4v) is 2.38. The summed E-state index contributed by atoms with van der Waals surface area (Å²) in [5, 5.41) is 23.5. The molecular formula is C13H19N3O3. The first-order valence-corrected chi connectivity index (χ1v) is 6.51. The van der Waals surface area contributed by atoms with Gasteiger partial charge in [0.1, 0.15) is 5.69 Å². The number of hydrogen-bond donors (Lipinski definition) is 2. The molecule has 1 aliphatic rings. The van der Waals surface area contributed by atoms with Gasteiger partial charge < -0.3 is 10.4 Å². The van der Waals surface area contributed by atoms with Crippen LogP contribution in [0.3, 0.4) is 0 Å². The molecule has 19 heavy (non-hydrogen) atoms. The highest BCUT2D eigenvalue weighted by atomic mass is 16.6. The molecule has 1 saturated heterocycles. The van der Waals surface area contributed by atoms with Crippen molar-refractivity contribution in [2.24, 2.45) is 0 Å². The molecule has 1 heterocycles. The van der Waals surface area contributed by atoms with E-state index in [-0.39, 0.29) is 16.7 Å². The Morgan fingerprint density at radius 2 is 2.37 bits per heavy atom. The normalized spacial score (nSPS) is 19.6. The van der Waals surface area contributed by atoms with Crippen molar-refractivity contribution in [1.29, 1.82) is 0 Å². The Morgan fingerprint density at radius 1 is 1.58 bits per heavy atom. The number of hydrogen-bond acceptors (Lipinski definition) is 5. The standard InChI is InChI=1S/C13H19N3O3/c1-2-14-12-4-3-10(7-13(12)16(18)19)8-15-6-5-11(17)9-15/h3-4,7,11,14,17H,2,5-6,8-9H2,1H3. The summed E-state index contributed by atoms with van der Waals surface area (Å²) in [7, 11) is 0. The molecule has 104 valence electrons. The average Bonchev–Trinajstić information content (AvgIpc) is 2.77. The first-order chi connectivity index (χ1) is 9.10. The predicted octanol–water partition coefficient (Wildman–Crippen LogP) is 1.59. The lowest BCUT2D eigenvalue weighted by Gasteiger charge is -2.15. The monoisotopic (exact) mass is 265 g/mol. The van der Waals surface area contributed by atoms with Crippen molar-refractivity contribution in [3.63, 3.8) is 0 Å². The lowest BCUT2D eigenvalue weighted by molar-refractivity contribution is -0.384. The van der Waals surface area contributed by atoms with Crippen LogP contribution in [0.5, 0.6) is 0 Å². The van der Waals surface area contributed by atoms with E-state index in [1.165, 1.54) is 0 Å². The molecule has 1 aromatic rings. The lowest BCUT2D eigenvalue weighted by atomic mass is 10.1. The molecule has 6 heteroatoms. The van der Waals surface area contributed by atoms with Gasteiger partial charge in [-0.15, -0.1) is 0 Å². The summed E-state index contributed by atoms with van der Waals surface area (Å²) in [5.41, 5.74) is 1.57. The number of nitro benzene ring substituents is 1. The molecule has 0 radical (unpaired) electrons. The molecule has 0 bridgehead atoms. The van der Waals surface area contributed by atoms with Gasteiger partial charge in [-0.2, -0.15) is 0 Å². The van der Waals surface area contributed by atoms with Crippen LogP contribution < -0.4 is 5.32 Å². The summed E-state index contributed by atoms with van der Waals surface area (Å²) in [6.07, 6.45) is 0.508. The Kier molecular flexibility index (Phi) is 4.34. The number of nitrogens with one attached hydrogen (secondary N) is 1. The average molecular weight is 265 g/mol. The summed E-state index contributed by atoms with van der Waals surface area (Å²) in [6.45, 7) is 4.68. The number of benzene rings is 1. The zero-order valence-corrected chi connectivity index (χ0v) is 11.0. The molecule has 0 aliphatic carbocycles.